The van der Waals surface area contributed by atoms with Crippen molar-refractivity contribution in [2.75, 3.05) is 79.3 Å². The van der Waals surface area contributed by atoms with Crippen molar-refractivity contribution < 1.29 is 42.7 Å². The number of ether oxygens (including phenoxy) is 6. The first-order valence-electron chi connectivity index (χ1n) is 14.9. The molecule has 2 rings (SSSR count). The van der Waals surface area contributed by atoms with E-state index in [0.717, 1.165) is 10.8 Å². The van der Waals surface area contributed by atoms with Crippen molar-refractivity contribution in [1.29, 1.82) is 0 Å². The number of benzene rings is 2. The number of Topliss-reactive ketones (excluding diaryl/α,β-unsaturated/α-hetero) is 1. The zero-order valence-electron chi connectivity index (χ0n) is 26.4. The molecule has 0 bridgehead atoms. The molecular weight excluding hydrogens is 556 g/mol. The Labute approximate surface area is 252 Å². The maximum atomic E-state index is 12.4. The number of hydrogen-bond donors (Lipinski definition) is 1. The summed E-state index contributed by atoms with van der Waals surface area (Å²) >= 11 is 0. The highest BCUT2D eigenvalue weighted by atomic mass is 28.4. The van der Waals surface area contributed by atoms with Crippen molar-refractivity contribution in [3.05, 3.63) is 42.0 Å². The van der Waals surface area contributed by atoms with E-state index in [1.807, 2.05) is 30.3 Å². The van der Waals surface area contributed by atoms with Crippen LogP contribution in [-0.2, 0) is 28.1 Å². The third-order valence-electron chi connectivity index (χ3n) is 7.11. The Morgan fingerprint density at radius 3 is 1.76 bits per heavy atom. The minimum Gasteiger partial charge on any atom is -0.491 e. The Balaban J connectivity index is 1.40. The van der Waals surface area contributed by atoms with Crippen LogP contribution in [-0.4, -0.2) is 105 Å². The number of carbonyl (C=O) groups excluding carboxylic acids is 1. The summed E-state index contributed by atoms with van der Waals surface area (Å²) in [4.78, 5) is 12.4. The molecule has 1 atom stereocenters. The van der Waals surface area contributed by atoms with Gasteiger partial charge < -0.3 is 38.0 Å². The summed E-state index contributed by atoms with van der Waals surface area (Å²) in [7, 11) is -1.70. The first-order chi connectivity index (χ1) is 20.0. The van der Waals surface area contributed by atoms with Crippen molar-refractivity contribution in [2.24, 2.45) is 0 Å². The zero-order valence-corrected chi connectivity index (χ0v) is 27.4. The third-order valence-corrected chi connectivity index (χ3v) is 11.7. The molecule has 10 heteroatoms. The van der Waals surface area contributed by atoms with Crippen molar-refractivity contribution in [3.63, 3.8) is 0 Å². The molecule has 0 aliphatic heterocycles. The molecule has 0 heterocycles. The quantitative estimate of drug-likeness (QED) is 0.103. The molecule has 0 spiro atoms. The van der Waals surface area contributed by atoms with Crippen LogP contribution >= 0.6 is 0 Å². The smallest absolute Gasteiger partial charge is 0.192 e. The summed E-state index contributed by atoms with van der Waals surface area (Å²) < 4.78 is 39.6. The maximum Gasteiger partial charge on any atom is 0.192 e. The van der Waals surface area contributed by atoms with Gasteiger partial charge in [0.05, 0.1) is 78.8 Å². The SMILES string of the molecule is CC(O)CC(=O)c1cccc2cc(OCCOCCOCCOCCOCCOCCO[Si](C)(C)C(C)(C)C)ccc12. The summed E-state index contributed by atoms with van der Waals surface area (Å²) in [6, 6.07) is 11.2. The average molecular weight is 609 g/mol. The molecule has 0 amide bonds. The van der Waals surface area contributed by atoms with E-state index in [1.54, 1.807) is 13.0 Å². The fourth-order valence-electron chi connectivity index (χ4n) is 3.75. The van der Waals surface area contributed by atoms with Gasteiger partial charge in [-0.1, -0.05) is 39.0 Å². The van der Waals surface area contributed by atoms with E-state index in [2.05, 4.69) is 33.9 Å². The van der Waals surface area contributed by atoms with E-state index >= 15 is 0 Å². The van der Waals surface area contributed by atoms with Crippen LogP contribution in [0.3, 0.4) is 0 Å². The van der Waals surface area contributed by atoms with Crippen LogP contribution in [0, 0.1) is 0 Å². The average Bonchev–Trinajstić information content (AvgIpc) is 2.92. The predicted octanol–water partition coefficient (Wildman–Crippen LogP) is 5.28. The van der Waals surface area contributed by atoms with E-state index in [-0.39, 0.29) is 17.2 Å². The fourth-order valence-corrected chi connectivity index (χ4v) is 4.77. The van der Waals surface area contributed by atoms with Gasteiger partial charge in [-0.2, -0.15) is 0 Å². The maximum absolute atomic E-state index is 12.4. The summed E-state index contributed by atoms with van der Waals surface area (Å²) in [5, 5.41) is 11.5. The van der Waals surface area contributed by atoms with Crippen LogP contribution < -0.4 is 4.74 Å². The minimum atomic E-state index is -1.70. The topological polar surface area (TPSA) is 102 Å². The second-order valence-corrected chi connectivity index (χ2v) is 16.5. The Morgan fingerprint density at radius 2 is 1.26 bits per heavy atom. The van der Waals surface area contributed by atoms with Crippen LogP contribution in [0.25, 0.3) is 10.8 Å². The number of carbonyl (C=O) groups is 1. The lowest BCUT2D eigenvalue weighted by Gasteiger charge is -2.36. The van der Waals surface area contributed by atoms with Gasteiger partial charge in [0, 0.05) is 12.0 Å². The molecule has 0 aromatic heterocycles. The van der Waals surface area contributed by atoms with Gasteiger partial charge in [-0.05, 0) is 54.0 Å². The van der Waals surface area contributed by atoms with Gasteiger partial charge in [0.25, 0.3) is 0 Å². The highest BCUT2D eigenvalue weighted by molar-refractivity contribution is 6.74. The minimum absolute atomic E-state index is 0.0728. The zero-order chi connectivity index (χ0) is 30.8. The van der Waals surface area contributed by atoms with Gasteiger partial charge in [0.2, 0.25) is 0 Å². The molecule has 2 aromatic rings. The number of aliphatic hydroxyl groups excluding tert-OH is 1. The van der Waals surface area contributed by atoms with Crippen molar-refractivity contribution in [1.82, 2.24) is 0 Å². The summed E-state index contributed by atoms with van der Waals surface area (Å²) in [5.41, 5.74) is 0.613. The lowest BCUT2D eigenvalue weighted by Crippen LogP contribution is -2.41. The molecule has 0 aliphatic rings. The van der Waals surface area contributed by atoms with E-state index in [1.165, 1.54) is 0 Å². The van der Waals surface area contributed by atoms with Crippen LogP contribution in [0.5, 0.6) is 5.75 Å². The normalized spacial score (nSPS) is 13.0. The van der Waals surface area contributed by atoms with E-state index in [0.29, 0.717) is 90.6 Å². The van der Waals surface area contributed by atoms with Crippen LogP contribution in [0.15, 0.2) is 36.4 Å². The number of ketones is 1. The number of fused-ring (bicyclic) bond motifs is 1. The molecule has 0 fully saturated rings. The first kappa shape index (κ1) is 36.3. The van der Waals surface area contributed by atoms with Gasteiger partial charge in [-0.3, -0.25) is 4.79 Å². The largest absolute Gasteiger partial charge is 0.491 e. The highest BCUT2D eigenvalue weighted by Gasteiger charge is 2.36. The van der Waals surface area contributed by atoms with Crippen LogP contribution in [0.1, 0.15) is 44.5 Å². The number of rotatable bonds is 23. The Kier molecular flexibility index (Phi) is 16.8. The third kappa shape index (κ3) is 14.1. The second kappa shape index (κ2) is 19.4. The standard InChI is InChI=1S/C32H52O9Si/c1-26(33)24-31(34)30-9-7-8-27-25-28(10-11-29(27)30)40-22-20-38-18-16-36-14-12-35-13-15-37-17-19-39-21-23-41-42(5,6)32(2,3)4/h7-11,25-26,33H,12-24H2,1-6H3. The molecular formula is C32H52O9Si. The first-order valence-corrected chi connectivity index (χ1v) is 17.8. The highest BCUT2D eigenvalue weighted by Crippen LogP contribution is 2.36. The van der Waals surface area contributed by atoms with Crippen molar-refractivity contribution >= 4 is 24.9 Å². The van der Waals surface area contributed by atoms with E-state index in [4.69, 9.17) is 32.8 Å². The van der Waals surface area contributed by atoms with Gasteiger partial charge in [-0.25, -0.2) is 0 Å². The Morgan fingerprint density at radius 1 is 0.762 bits per heavy atom. The van der Waals surface area contributed by atoms with Gasteiger partial charge in [0.1, 0.15) is 12.4 Å². The Bertz CT molecular complexity index is 1040. The molecule has 0 saturated carbocycles. The van der Waals surface area contributed by atoms with E-state index in [9.17, 15) is 9.90 Å². The lowest BCUT2D eigenvalue weighted by molar-refractivity contribution is -0.0144. The van der Waals surface area contributed by atoms with Crippen LogP contribution in [0.2, 0.25) is 18.1 Å². The molecule has 9 nitrogen and oxygen atoms in total. The summed E-state index contributed by atoms with van der Waals surface area (Å²) in [5.74, 6) is 0.638. The predicted molar refractivity (Wildman–Crippen MR) is 167 cm³/mol. The molecule has 0 aliphatic carbocycles. The summed E-state index contributed by atoms with van der Waals surface area (Å²) in [6.07, 6.45) is -0.564. The van der Waals surface area contributed by atoms with Crippen molar-refractivity contribution in [3.8, 4) is 5.75 Å². The monoisotopic (exact) mass is 608 g/mol. The van der Waals surface area contributed by atoms with Gasteiger partial charge >= 0.3 is 0 Å². The Hall–Kier alpha value is -1.89. The van der Waals surface area contributed by atoms with Gasteiger partial charge in [0.15, 0.2) is 14.1 Å². The summed E-state index contributed by atoms with van der Waals surface area (Å²) in [6.45, 7) is 18.9. The fraction of sp³-hybridized carbons (Fsp3) is 0.656. The molecule has 0 saturated heterocycles. The second-order valence-electron chi connectivity index (χ2n) is 11.7. The molecule has 1 unspecified atom stereocenters. The molecule has 0 radical (unpaired) electrons. The van der Waals surface area contributed by atoms with E-state index < -0.39 is 14.4 Å². The lowest BCUT2D eigenvalue weighted by atomic mass is 9.98. The molecule has 238 valence electrons. The molecule has 1 N–H and O–H groups in total. The van der Waals surface area contributed by atoms with Crippen molar-refractivity contribution in [2.45, 2.75) is 58.4 Å². The number of aliphatic hydroxyl groups is 1. The number of hydrogen-bond acceptors (Lipinski definition) is 9. The molecule has 2 aromatic carbocycles. The van der Waals surface area contributed by atoms with Crippen LogP contribution in [0.4, 0.5) is 0 Å². The van der Waals surface area contributed by atoms with Gasteiger partial charge in [-0.15, -0.1) is 0 Å². The molecule has 42 heavy (non-hydrogen) atoms.